The predicted octanol–water partition coefficient (Wildman–Crippen LogP) is -2.21. The zero-order chi connectivity index (χ0) is 28.1. The molecule has 1 aromatic rings. The van der Waals surface area contributed by atoms with Crippen LogP contribution in [0.25, 0.3) is 0 Å². The Hall–Kier alpha value is -3.75. The SMILES string of the molecule is CC(O)C(NC(=O)C(CCCCN)NC(=O)C(Cc1ccc(O)cc1)NC(=O)C(N)CC(=O)O)C(=O)O. The topological polar surface area (TPSA) is 254 Å². The van der Waals surface area contributed by atoms with Gasteiger partial charge in [0.05, 0.1) is 18.6 Å². The number of phenolic OH excluding ortho intramolecular Hbond substituents is 1. The van der Waals surface area contributed by atoms with Crippen LogP contribution in [0, 0.1) is 0 Å². The molecule has 206 valence electrons. The average molecular weight is 526 g/mol. The Labute approximate surface area is 213 Å². The van der Waals surface area contributed by atoms with Gasteiger partial charge >= 0.3 is 11.9 Å². The van der Waals surface area contributed by atoms with Gasteiger partial charge in [-0.3, -0.25) is 19.2 Å². The van der Waals surface area contributed by atoms with Crippen molar-refractivity contribution in [2.75, 3.05) is 6.54 Å². The molecular formula is C23H35N5O9. The molecule has 0 saturated heterocycles. The van der Waals surface area contributed by atoms with E-state index in [1.54, 1.807) is 0 Å². The molecule has 0 bridgehead atoms. The van der Waals surface area contributed by atoms with Crippen LogP contribution >= 0.6 is 0 Å². The van der Waals surface area contributed by atoms with E-state index in [9.17, 15) is 39.3 Å². The summed E-state index contributed by atoms with van der Waals surface area (Å²) < 4.78 is 0. The number of aliphatic hydroxyl groups excluding tert-OH is 1. The van der Waals surface area contributed by atoms with Crippen LogP contribution in [0.1, 0.15) is 38.2 Å². The lowest BCUT2D eigenvalue weighted by atomic mass is 10.0. The maximum atomic E-state index is 13.2. The first-order chi connectivity index (χ1) is 17.3. The third kappa shape index (κ3) is 11.2. The summed E-state index contributed by atoms with van der Waals surface area (Å²) in [5, 5.41) is 44.4. The van der Waals surface area contributed by atoms with Gasteiger partial charge in [0.15, 0.2) is 6.04 Å². The van der Waals surface area contributed by atoms with E-state index in [2.05, 4.69) is 16.0 Å². The number of benzene rings is 1. The number of carboxylic acid groups (broad SMARTS) is 2. The van der Waals surface area contributed by atoms with Crippen LogP contribution in [0.4, 0.5) is 0 Å². The second-order valence-corrected chi connectivity index (χ2v) is 8.55. The first-order valence-electron chi connectivity index (χ1n) is 11.6. The average Bonchev–Trinajstić information content (AvgIpc) is 2.81. The maximum Gasteiger partial charge on any atom is 0.328 e. The van der Waals surface area contributed by atoms with E-state index in [0.29, 0.717) is 24.9 Å². The number of aliphatic carboxylic acids is 2. The number of aromatic hydroxyl groups is 1. The van der Waals surface area contributed by atoms with Gasteiger partial charge in [-0.25, -0.2) is 4.79 Å². The lowest BCUT2D eigenvalue weighted by molar-refractivity contribution is -0.145. The van der Waals surface area contributed by atoms with Crippen LogP contribution in [-0.2, 0) is 30.4 Å². The monoisotopic (exact) mass is 525 g/mol. The molecule has 0 heterocycles. The summed E-state index contributed by atoms with van der Waals surface area (Å²) in [6.07, 6.45) is -1.20. The van der Waals surface area contributed by atoms with E-state index in [1.807, 2.05) is 0 Å². The van der Waals surface area contributed by atoms with Crippen molar-refractivity contribution in [2.45, 2.75) is 69.3 Å². The van der Waals surface area contributed by atoms with Crippen molar-refractivity contribution in [3.8, 4) is 5.75 Å². The van der Waals surface area contributed by atoms with Crippen LogP contribution in [0.15, 0.2) is 24.3 Å². The molecule has 14 nitrogen and oxygen atoms in total. The quantitative estimate of drug-likeness (QED) is 0.104. The van der Waals surface area contributed by atoms with Crippen LogP contribution in [0.3, 0.4) is 0 Å². The summed E-state index contributed by atoms with van der Waals surface area (Å²) in [6, 6.07) is 0.150. The highest BCUT2D eigenvalue weighted by Crippen LogP contribution is 2.12. The highest BCUT2D eigenvalue weighted by Gasteiger charge is 2.32. The van der Waals surface area contributed by atoms with Crippen LogP contribution < -0.4 is 27.4 Å². The van der Waals surface area contributed by atoms with Crippen molar-refractivity contribution in [1.29, 1.82) is 0 Å². The molecule has 5 atom stereocenters. The van der Waals surface area contributed by atoms with Crippen molar-refractivity contribution in [3.05, 3.63) is 29.8 Å². The van der Waals surface area contributed by atoms with Crippen molar-refractivity contribution in [3.63, 3.8) is 0 Å². The van der Waals surface area contributed by atoms with Gasteiger partial charge in [-0.05, 0) is 50.4 Å². The van der Waals surface area contributed by atoms with Gasteiger partial charge in [0, 0.05) is 6.42 Å². The number of hydrogen-bond acceptors (Lipinski definition) is 9. The molecular weight excluding hydrogens is 490 g/mol. The number of nitrogens with one attached hydrogen (secondary N) is 3. The van der Waals surface area contributed by atoms with Crippen molar-refractivity contribution >= 4 is 29.7 Å². The van der Waals surface area contributed by atoms with E-state index in [-0.39, 0.29) is 18.6 Å². The Morgan fingerprint density at radius 3 is 1.97 bits per heavy atom. The van der Waals surface area contributed by atoms with E-state index >= 15 is 0 Å². The van der Waals surface area contributed by atoms with Crippen molar-refractivity contribution in [1.82, 2.24) is 16.0 Å². The van der Waals surface area contributed by atoms with Gasteiger partial charge in [0.2, 0.25) is 17.7 Å². The van der Waals surface area contributed by atoms with Gasteiger partial charge in [-0.2, -0.15) is 0 Å². The minimum Gasteiger partial charge on any atom is -0.508 e. The fraction of sp³-hybridized carbons (Fsp3) is 0.522. The summed E-state index contributed by atoms with van der Waals surface area (Å²) in [7, 11) is 0. The van der Waals surface area contributed by atoms with Gasteiger partial charge in [0.25, 0.3) is 0 Å². The molecule has 0 spiro atoms. The van der Waals surface area contributed by atoms with Gasteiger partial charge in [0.1, 0.15) is 17.8 Å². The van der Waals surface area contributed by atoms with Crippen LogP contribution in [0.5, 0.6) is 5.75 Å². The highest BCUT2D eigenvalue weighted by molar-refractivity contribution is 5.95. The van der Waals surface area contributed by atoms with E-state index in [1.165, 1.54) is 31.2 Å². The van der Waals surface area contributed by atoms with Gasteiger partial charge in [-0.1, -0.05) is 12.1 Å². The van der Waals surface area contributed by atoms with Crippen molar-refractivity contribution < 1.29 is 44.4 Å². The number of amides is 3. The minimum absolute atomic E-state index is 0.0278. The summed E-state index contributed by atoms with van der Waals surface area (Å²) in [6.45, 7) is 1.50. The first-order valence-corrected chi connectivity index (χ1v) is 11.6. The number of carbonyl (C=O) groups is 5. The molecule has 0 aromatic heterocycles. The zero-order valence-electron chi connectivity index (χ0n) is 20.4. The highest BCUT2D eigenvalue weighted by atomic mass is 16.4. The Balaban J connectivity index is 3.15. The predicted molar refractivity (Wildman–Crippen MR) is 130 cm³/mol. The number of aliphatic hydroxyl groups is 1. The number of nitrogens with two attached hydrogens (primary N) is 2. The molecule has 37 heavy (non-hydrogen) atoms. The van der Waals surface area contributed by atoms with E-state index < -0.39 is 66.4 Å². The van der Waals surface area contributed by atoms with Gasteiger partial charge < -0.3 is 47.8 Å². The molecule has 0 saturated carbocycles. The smallest absolute Gasteiger partial charge is 0.328 e. The largest absolute Gasteiger partial charge is 0.508 e. The van der Waals surface area contributed by atoms with Crippen LogP contribution in [-0.4, -0.2) is 86.9 Å². The molecule has 0 fully saturated rings. The molecule has 11 N–H and O–H groups in total. The lowest BCUT2D eigenvalue weighted by Gasteiger charge is -2.26. The normalized spacial score (nSPS) is 14.9. The number of unbranched alkanes of at least 4 members (excludes halogenated alkanes) is 1. The molecule has 0 aliphatic heterocycles. The molecule has 0 aliphatic carbocycles. The number of phenols is 1. The third-order valence-corrected chi connectivity index (χ3v) is 5.37. The second-order valence-electron chi connectivity index (χ2n) is 8.55. The molecule has 0 aliphatic rings. The lowest BCUT2D eigenvalue weighted by Crippen LogP contribution is -2.58. The summed E-state index contributed by atoms with van der Waals surface area (Å²) >= 11 is 0. The van der Waals surface area contributed by atoms with Crippen LogP contribution in [0.2, 0.25) is 0 Å². The first kappa shape index (κ1) is 31.3. The Morgan fingerprint density at radius 2 is 1.46 bits per heavy atom. The Kier molecular flexibility index (Phi) is 13.0. The molecule has 1 aromatic carbocycles. The fourth-order valence-corrected chi connectivity index (χ4v) is 3.31. The van der Waals surface area contributed by atoms with E-state index in [4.69, 9.17) is 16.6 Å². The summed E-state index contributed by atoms with van der Waals surface area (Å²) in [5.74, 6) is -5.41. The number of rotatable bonds is 16. The zero-order valence-corrected chi connectivity index (χ0v) is 20.4. The summed E-state index contributed by atoms with van der Waals surface area (Å²) in [5.41, 5.74) is 11.6. The minimum atomic E-state index is -1.62. The fourth-order valence-electron chi connectivity index (χ4n) is 3.31. The Bertz CT molecular complexity index is 939. The van der Waals surface area contributed by atoms with E-state index in [0.717, 1.165) is 0 Å². The molecule has 3 amide bonds. The number of carbonyl (C=O) groups excluding carboxylic acids is 3. The molecule has 14 heteroatoms. The molecule has 0 radical (unpaired) electrons. The Morgan fingerprint density at radius 1 is 0.892 bits per heavy atom. The van der Waals surface area contributed by atoms with Crippen molar-refractivity contribution in [2.24, 2.45) is 11.5 Å². The molecule has 1 rings (SSSR count). The number of hydrogen-bond donors (Lipinski definition) is 9. The standard InChI is InChI=1S/C23H35N5O9/c1-12(29)19(23(36)37)28-21(34)16(4-2-3-9-24)26-22(35)17(10-13-5-7-14(30)8-6-13)27-20(33)15(25)11-18(31)32/h5-8,12,15-17,19,29-30H,2-4,9-11,24-25H2,1H3,(H,26,35)(H,27,33)(H,28,34)(H,31,32)(H,36,37). The summed E-state index contributed by atoms with van der Waals surface area (Å²) in [4.78, 5) is 60.8. The molecule has 5 unspecified atom stereocenters. The maximum absolute atomic E-state index is 13.2. The second kappa shape index (κ2) is 15.4. The number of carboxylic acids is 2. The third-order valence-electron chi connectivity index (χ3n) is 5.37. The van der Waals surface area contributed by atoms with Gasteiger partial charge in [-0.15, -0.1) is 0 Å².